The summed E-state index contributed by atoms with van der Waals surface area (Å²) >= 11 is 11.8. The van der Waals surface area contributed by atoms with Crippen LogP contribution in [0, 0.1) is 0 Å². The van der Waals surface area contributed by atoms with E-state index in [1.54, 1.807) is 36.5 Å². The Morgan fingerprint density at radius 3 is 2.59 bits per heavy atom. The summed E-state index contributed by atoms with van der Waals surface area (Å²) in [4.78, 5) is 27.6. The Bertz CT molecular complexity index is 678. The first-order valence-electron chi connectivity index (χ1n) is 6.46. The third kappa shape index (κ3) is 4.72. The van der Waals surface area contributed by atoms with E-state index in [-0.39, 0.29) is 18.0 Å². The molecule has 0 radical (unpaired) electrons. The van der Waals surface area contributed by atoms with Crippen LogP contribution < -0.4 is 10.6 Å². The monoisotopic (exact) mass is 337 g/mol. The number of nitrogens with one attached hydrogen (secondary N) is 2. The van der Waals surface area contributed by atoms with Gasteiger partial charge >= 0.3 is 0 Å². The van der Waals surface area contributed by atoms with E-state index in [9.17, 15) is 9.59 Å². The van der Waals surface area contributed by atoms with Crippen LogP contribution in [0.2, 0.25) is 10.0 Å². The Balaban J connectivity index is 1.84. The summed E-state index contributed by atoms with van der Waals surface area (Å²) < 4.78 is 0. The first-order chi connectivity index (χ1) is 10.6. The molecule has 2 aromatic rings. The summed E-state index contributed by atoms with van der Waals surface area (Å²) in [5, 5.41) is 5.74. The molecular formula is C15H13Cl2N3O2. The number of hydrogen-bond donors (Lipinski definition) is 2. The van der Waals surface area contributed by atoms with Crippen molar-refractivity contribution in [3.05, 3.63) is 58.3 Å². The Morgan fingerprint density at radius 2 is 1.86 bits per heavy atom. The number of pyridine rings is 1. The fraction of sp³-hybridized carbons (Fsp3) is 0.133. The fourth-order valence-corrected chi connectivity index (χ4v) is 2.04. The highest BCUT2D eigenvalue weighted by Gasteiger charge is 2.12. The number of hydrogen-bond acceptors (Lipinski definition) is 3. The Hall–Kier alpha value is -2.11. The first kappa shape index (κ1) is 16.3. The lowest BCUT2D eigenvalue weighted by atomic mass is 10.3. The summed E-state index contributed by atoms with van der Waals surface area (Å²) in [6.07, 6.45) is 1.32. The highest BCUT2D eigenvalue weighted by Crippen LogP contribution is 2.29. The quantitative estimate of drug-likeness (QED) is 0.823. The average molecular weight is 338 g/mol. The molecule has 7 heteroatoms. The van der Waals surface area contributed by atoms with Crippen molar-refractivity contribution in [2.24, 2.45) is 0 Å². The molecule has 5 nitrogen and oxygen atoms in total. The zero-order valence-electron chi connectivity index (χ0n) is 11.5. The molecule has 0 spiro atoms. The number of halogens is 2. The van der Waals surface area contributed by atoms with E-state index in [1.807, 2.05) is 6.07 Å². The summed E-state index contributed by atoms with van der Waals surface area (Å²) in [6, 6.07) is 10.3. The molecule has 0 atom stereocenters. The van der Waals surface area contributed by atoms with Crippen LogP contribution in [0.5, 0.6) is 0 Å². The number of aromatic nitrogens is 1. The topological polar surface area (TPSA) is 71.1 Å². The van der Waals surface area contributed by atoms with Gasteiger partial charge in [-0.05, 0) is 24.3 Å². The summed E-state index contributed by atoms with van der Waals surface area (Å²) in [6.45, 7) is 0.269. The van der Waals surface area contributed by atoms with E-state index in [0.29, 0.717) is 16.4 Å². The third-order valence-electron chi connectivity index (χ3n) is 2.74. The van der Waals surface area contributed by atoms with Gasteiger partial charge < -0.3 is 10.6 Å². The number of carbonyl (C=O) groups is 2. The molecule has 0 saturated heterocycles. The van der Waals surface area contributed by atoms with Crippen LogP contribution in [-0.4, -0.2) is 16.8 Å². The van der Waals surface area contributed by atoms with E-state index >= 15 is 0 Å². The number of rotatable bonds is 5. The summed E-state index contributed by atoms with van der Waals surface area (Å²) in [7, 11) is 0. The Morgan fingerprint density at radius 1 is 1.05 bits per heavy atom. The van der Waals surface area contributed by atoms with Gasteiger partial charge in [0.25, 0.3) is 0 Å². The lowest BCUT2D eigenvalue weighted by Gasteiger charge is -2.08. The lowest BCUT2D eigenvalue weighted by Crippen LogP contribution is -2.28. The van der Waals surface area contributed by atoms with Gasteiger partial charge in [0.1, 0.15) is 6.42 Å². The molecule has 0 saturated carbocycles. The molecule has 114 valence electrons. The van der Waals surface area contributed by atoms with Crippen LogP contribution in [0.4, 0.5) is 5.69 Å². The van der Waals surface area contributed by atoms with Crippen molar-refractivity contribution in [1.82, 2.24) is 10.3 Å². The molecular weight excluding hydrogens is 325 g/mol. The van der Waals surface area contributed by atoms with Gasteiger partial charge in [0.2, 0.25) is 11.8 Å². The largest absolute Gasteiger partial charge is 0.350 e. The molecule has 22 heavy (non-hydrogen) atoms. The van der Waals surface area contributed by atoms with Gasteiger partial charge in [0.05, 0.1) is 28.0 Å². The Labute approximate surface area is 137 Å². The standard InChI is InChI=1S/C15H13Cl2N3O2/c16-11-5-3-6-12(15(11)17)20-14(22)8-13(21)19-9-10-4-1-2-7-18-10/h1-7H,8-9H2,(H,19,21)(H,20,22). The third-order valence-corrected chi connectivity index (χ3v) is 3.56. The molecule has 0 fully saturated rings. The van der Waals surface area contributed by atoms with Crippen molar-refractivity contribution in [1.29, 1.82) is 0 Å². The van der Waals surface area contributed by atoms with Crippen LogP contribution in [0.15, 0.2) is 42.6 Å². The fourth-order valence-electron chi connectivity index (χ4n) is 1.69. The van der Waals surface area contributed by atoms with Gasteiger partial charge in [0.15, 0.2) is 0 Å². The maximum atomic E-state index is 11.8. The Kier molecular flexibility index (Phi) is 5.75. The van der Waals surface area contributed by atoms with Crippen LogP contribution in [0.1, 0.15) is 12.1 Å². The number of carbonyl (C=O) groups excluding carboxylic acids is 2. The predicted octanol–water partition coefficient (Wildman–Crippen LogP) is 3.03. The molecule has 2 rings (SSSR count). The van der Waals surface area contributed by atoms with Gasteiger partial charge in [-0.2, -0.15) is 0 Å². The van der Waals surface area contributed by atoms with Crippen molar-refractivity contribution in [3.63, 3.8) is 0 Å². The van der Waals surface area contributed by atoms with Crippen molar-refractivity contribution < 1.29 is 9.59 Å². The highest BCUT2D eigenvalue weighted by molar-refractivity contribution is 6.44. The van der Waals surface area contributed by atoms with Crippen LogP contribution in [0.3, 0.4) is 0 Å². The second-order valence-corrected chi connectivity index (χ2v) is 5.21. The highest BCUT2D eigenvalue weighted by atomic mass is 35.5. The van der Waals surface area contributed by atoms with Gasteiger partial charge in [-0.25, -0.2) is 0 Å². The summed E-state index contributed by atoms with van der Waals surface area (Å²) in [5.74, 6) is -0.871. The lowest BCUT2D eigenvalue weighted by molar-refractivity contribution is -0.126. The van der Waals surface area contributed by atoms with Crippen molar-refractivity contribution >= 4 is 40.7 Å². The molecule has 1 aromatic carbocycles. The minimum atomic E-state index is -0.470. The van der Waals surface area contributed by atoms with Crippen LogP contribution in [-0.2, 0) is 16.1 Å². The molecule has 2 amide bonds. The van der Waals surface area contributed by atoms with E-state index in [4.69, 9.17) is 23.2 Å². The second kappa shape index (κ2) is 7.77. The van der Waals surface area contributed by atoms with Crippen molar-refractivity contribution in [2.75, 3.05) is 5.32 Å². The zero-order chi connectivity index (χ0) is 15.9. The number of anilines is 1. The maximum absolute atomic E-state index is 11.8. The van der Waals surface area contributed by atoms with E-state index in [1.165, 1.54) is 0 Å². The minimum Gasteiger partial charge on any atom is -0.350 e. The smallest absolute Gasteiger partial charge is 0.233 e. The second-order valence-electron chi connectivity index (χ2n) is 4.42. The van der Waals surface area contributed by atoms with Crippen LogP contribution >= 0.6 is 23.2 Å². The van der Waals surface area contributed by atoms with E-state index in [2.05, 4.69) is 15.6 Å². The molecule has 0 aliphatic heterocycles. The first-order valence-corrected chi connectivity index (χ1v) is 7.22. The van der Waals surface area contributed by atoms with Gasteiger partial charge in [-0.15, -0.1) is 0 Å². The van der Waals surface area contributed by atoms with Gasteiger partial charge in [-0.1, -0.05) is 35.3 Å². The van der Waals surface area contributed by atoms with Crippen LogP contribution in [0.25, 0.3) is 0 Å². The van der Waals surface area contributed by atoms with E-state index in [0.717, 1.165) is 0 Å². The molecule has 0 aliphatic carbocycles. The van der Waals surface area contributed by atoms with Crippen molar-refractivity contribution in [3.8, 4) is 0 Å². The van der Waals surface area contributed by atoms with Gasteiger partial charge in [0, 0.05) is 6.20 Å². The predicted molar refractivity (Wildman–Crippen MR) is 85.8 cm³/mol. The normalized spacial score (nSPS) is 10.1. The van der Waals surface area contributed by atoms with Gasteiger partial charge in [-0.3, -0.25) is 14.6 Å². The summed E-state index contributed by atoms with van der Waals surface area (Å²) in [5.41, 5.74) is 1.09. The number of nitrogens with zero attached hydrogens (tertiary/aromatic N) is 1. The molecule has 1 aromatic heterocycles. The number of amides is 2. The molecule has 2 N–H and O–H groups in total. The molecule has 1 heterocycles. The van der Waals surface area contributed by atoms with Crippen molar-refractivity contribution in [2.45, 2.75) is 13.0 Å². The average Bonchev–Trinajstić information content (AvgIpc) is 2.51. The maximum Gasteiger partial charge on any atom is 0.233 e. The SMILES string of the molecule is O=C(CC(=O)Nc1cccc(Cl)c1Cl)NCc1ccccn1. The molecule has 0 bridgehead atoms. The minimum absolute atomic E-state index is 0.242. The van der Waals surface area contributed by atoms with E-state index < -0.39 is 11.8 Å². The molecule has 0 aliphatic rings. The number of benzene rings is 1. The zero-order valence-corrected chi connectivity index (χ0v) is 13.0. The molecule has 0 unspecified atom stereocenters.